The van der Waals surface area contributed by atoms with Gasteiger partial charge in [-0.1, -0.05) is 0 Å². The molecule has 1 aromatic carbocycles. The van der Waals surface area contributed by atoms with E-state index in [1.165, 1.54) is 36.7 Å². The van der Waals surface area contributed by atoms with Gasteiger partial charge in [-0.3, -0.25) is 4.90 Å². The molecule has 43 heavy (non-hydrogen) atoms. The maximum absolute atomic E-state index is 13.7. The van der Waals surface area contributed by atoms with Crippen LogP contribution in [0, 0.1) is 0 Å². The minimum Gasteiger partial charge on any atom is -0.495 e. The van der Waals surface area contributed by atoms with Gasteiger partial charge in [-0.05, 0) is 31.9 Å². The van der Waals surface area contributed by atoms with Gasteiger partial charge in [0.05, 0.1) is 48.5 Å². The highest BCUT2D eigenvalue weighted by molar-refractivity contribution is 7.89. The fraction of sp³-hybridized carbons (Fsp3) is 0.536. The van der Waals surface area contributed by atoms with Gasteiger partial charge in [0, 0.05) is 69.4 Å². The number of aromatic nitrogens is 2. The van der Waals surface area contributed by atoms with Crippen LogP contribution in [0.3, 0.4) is 0 Å². The van der Waals surface area contributed by atoms with E-state index >= 15 is 0 Å². The molecule has 0 amide bonds. The summed E-state index contributed by atoms with van der Waals surface area (Å²) in [6.07, 6.45) is -2.20. The van der Waals surface area contributed by atoms with Gasteiger partial charge in [-0.15, -0.1) is 0 Å². The Hall–Kier alpha value is -3.11. The van der Waals surface area contributed by atoms with Crippen molar-refractivity contribution in [3.8, 4) is 5.75 Å². The Morgan fingerprint density at radius 1 is 1.12 bits per heavy atom. The molecule has 1 atom stereocenters. The summed E-state index contributed by atoms with van der Waals surface area (Å²) < 4.78 is 85.9. The molecule has 3 aromatic rings. The number of hydrogen-bond acceptors (Lipinski definition) is 9. The minimum absolute atomic E-state index is 0.0306. The van der Waals surface area contributed by atoms with E-state index in [4.69, 9.17) is 14.2 Å². The minimum atomic E-state index is -4.59. The molecule has 15 heteroatoms. The molecule has 4 heterocycles. The fourth-order valence-corrected chi connectivity index (χ4v) is 7.19. The second-order valence-corrected chi connectivity index (χ2v) is 12.7. The summed E-state index contributed by atoms with van der Waals surface area (Å²) >= 11 is 0. The van der Waals surface area contributed by atoms with Gasteiger partial charge in [0.2, 0.25) is 10.0 Å². The average Bonchev–Trinajstić information content (AvgIpc) is 3.43. The molecule has 2 fully saturated rings. The number of methoxy groups -OCH3 is 2. The number of anilines is 3. The van der Waals surface area contributed by atoms with E-state index in [2.05, 4.69) is 25.5 Å². The lowest BCUT2D eigenvalue weighted by Gasteiger charge is -2.39. The molecule has 11 nitrogen and oxygen atoms in total. The Balaban J connectivity index is 1.37. The zero-order chi connectivity index (χ0) is 30.8. The van der Waals surface area contributed by atoms with Crippen molar-refractivity contribution in [2.75, 3.05) is 70.9 Å². The van der Waals surface area contributed by atoms with Crippen molar-refractivity contribution in [1.29, 1.82) is 0 Å². The highest BCUT2D eigenvalue weighted by Gasteiger charge is 2.36. The van der Waals surface area contributed by atoms with Gasteiger partial charge in [-0.25, -0.2) is 13.4 Å². The number of H-pyrrole nitrogens is 1. The van der Waals surface area contributed by atoms with Gasteiger partial charge >= 0.3 is 6.18 Å². The summed E-state index contributed by atoms with van der Waals surface area (Å²) in [4.78, 5) is 9.44. The molecule has 2 aliphatic rings. The lowest BCUT2D eigenvalue weighted by atomic mass is 10.0. The van der Waals surface area contributed by atoms with Crippen LogP contribution in [-0.2, 0) is 25.7 Å². The van der Waals surface area contributed by atoms with Gasteiger partial charge in [-0.2, -0.15) is 17.5 Å². The number of piperidine rings is 1. The Kier molecular flexibility index (Phi) is 9.37. The fourth-order valence-electron chi connectivity index (χ4n) is 5.71. The van der Waals surface area contributed by atoms with Crippen LogP contribution in [0.5, 0.6) is 5.75 Å². The lowest BCUT2D eigenvalue weighted by molar-refractivity contribution is -0.136. The van der Waals surface area contributed by atoms with Crippen molar-refractivity contribution in [3.05, 3.63) is 36.0 Å². The van der Waals surface area contributed by atoms with Crippen molar-refractivity contribution in [3.63, 3.8) is 0 Å². The zero-order valence-electron chi connectivity index (χ0n) is 24.3. The molecular formula is C28H37F3N6O5S. The third-order valence-electron chi connectivity index (χ3n) is 7.83. The summed E-state index contributed by atoms with van der Waals surface area (Å²) in [6.45, 7) is 6.03. The molecule has 5 rings (SSSR count). The third kappa shape index (κ3) is 6.85. The first kappa shape index (κ1) is 31.3. The number of sulfonamides is 1. The highest BCUT2D eigenvalue weighted by Crippen LogP contribution is 2.40. The number of halogens is 3. The smallest absolute Gasteiger partial charge is 0.418 e. The molecule has 2 aromatic heterocycles. The normalized spacial score (nSPS) is 18.6. The number of hydrogen-bond donors (Lipinski definition) is 3. The van der Waals surface area contributed by atoms with Crippen LogP contribution < -0.4 is 15.4 Å². The topological polar surface area (TPSA) is 121 Å². The summed E-state index contributed by atoms with van der Waals surface area (Å²) in [5, 5.41) is 6.06. The van der Waals surface area contributed by atoms with Gasteiger partial charge in [0.15, 0.2) is 0 Å². The molecule has 1 unspecified atom stereocenters. The highest BCUT2D eigenvalue weighted by atomic mass is 32.2. The molecule has 0 bridgehead atoms. The van der Waals surface area contributed by atoms with Crippen LogP contribution >= 0.6 is 0 Å². The van der Waals surface area contributed by atoms with E-state index in [-0.39, 0.29) is 45.8 Å². The Morgan fingerprint density at radius 2 is 1.84 bits per heavy atom. The number of pyridine rings is 1. The number of nitrogens with one attached hydrogen (secondary N) is 3. The van der Waals surface area contributed by atoms with Crippen LogP contribution in [0.2, 0.25) is 0 Å². The van der Waals surface area contributed by atoms with Crippen molar-refractivity contribution in [2.45, 2.75) is 42.9 Å². The van der Waals surface area contributed by atoms with Crippen LogP contribution in [-0.4, -0.2) is 99.9 Å². The summed E-state index contributed by atoms with van der Waals surface area (Å²) in [6, 6.07) is 6.01. The molecule has 0 spiro atoms. The number of benzene rings is 1. The van der Waals surface area contributed by atoms with E-state index < -0.39 is 21.8 Å². The molecule has 236 valence electrons. The molecule has 0 aliphatic carbocycles. The van der Waals surface area contributed by atoms with E-state index in [0.717, 1.165) is 32.1 Å². The molecular weight excluding hydrogens is 589 g/mol. The van der Waals surface area contributed by atoms with Gasteiger partial charge < -0.3 is 29.8 Å². The van der Waals surface area contributed by atoms with Crippen LogP contribution in [0.25, 0.3) is 11.0 Å². The first-order valence-corrected chi connectivity index (χ1v) is 15.6. The molecule has 2 saturated heterocycles. The summed E-state index contributed by atoms with van der Waals surface area (Å²) in [7, 11) is -0.845. The predicted octanol–water partition coefficient (Wildman–Crippen LogP) is 4.27. The van der Waals surface area contributed by atoms with Gasteiger partial charge in [0.1, 0.15) is 17.2 Å². The first-order chi connectivity index (χ1) is 20.5. The third-order valence-corrected chi connectivity index (χ3v) is 9.72. The number of fused-ring (bicyclic) bond motifs is 1. The lowest BCUT2D eigenvalue weighted by Crippen LogP contribution is -2.50. The van der Waals surface area contributed by atoms with Crippen molar-refractivity contribution >= 4 is 38.2 Å². The van der Waals surface area contributed by atoms with E-state index in [0.29, 0.717) is 38.0 Å². The zero-order valence-corrected chi connectivity index (χ0v) is 25.1. The molecule has 0 saturated carbocycles. The van der Waals surface area contributed by atoms with E-state index in [1.54, 1.807) is 13.0 Å². The van der Waals surface area contributed by atoms with Crippen LogP contribution in [0.1, 0.15) is 25.3 Å². The Labute approximate surface area is 248 Å². The second kappa shape index (κ2) is 12.9. The predicted molar refractivity (Wildman–Crippen MR) is 157 cm³/mol. The molecule has 3 N–H and O–H groups in total. The summed E-state index contributed by atoms with van der Waals surface area (Å²) in [5.74, 6) is 0.477. The van der Waals surface area contributed by atoms with Crippen LogP contribution in [0.15, 0.2) is 35.4 Å². The number of nitrogens with zero attached hydrogens (tertiary/aromatic N) is 3. The number of alkyl halides is 3. The monoisotopic (exact) mass is 626 g/mol. The van der Waals surface area contributed by atoms with Crippen LogP contribution in [0.4, 0.5) is 30.4 Å². The maximum atomic E-state index is 13.7. The van der Waals surface area contributed by atoms with Crippen molar-refractivity contribution in [2.24, 2.45) is 0 Å². The Bertz CT molecular complexity index is 1520. The van der Waals surface area contributed by atoms with Crippen molar-refractivity contribution in [1.82, 2.24) is 19.2 Å². The number of rotatable bonds is 10. The van der Waals surface area contributed by atoms with E-state index in [1.807, 2.05) is 0 Å². The number of ether oxygens (including phenoxy) is 3. The molecule has 2 aliphatic heterocycles. The second-order valence-electron chi connectivity index (χ2n) is 10.8. The quantitative estimate of drug-likeness (QED) is 0.303. The average molecular weight is 627 g/mol. The number of aromatic amines is 1. The molecule has 0 radical (unpaired) electrons. The first-order valence-electron chi connectivity index (χ1n) is 14.1. The maximum Gasteiger partial charge on any atom is 0.418 e. The number of morpholine rings is 1. The SMILES string of the molecule is COCC(C)Nc1cc(Nc2ccc(S(=O)(=O)N3CCC(N4CCOCC4)CC3)cc2OC)nc2[nH]cc(C(F)(F)F)c12. The summed E-state index contributed by atoms with van der Waals surface area (Å²) in [5.41, 5.74) is -0.194. The van der Waals surface area contributed by atoms with Gasteiger partial charge in [0.25, 0.3) is 0 Å². The van der Waals surface area contributed by atoms with Crippen molar-refractivity contribution < 1.29 is 35.8 Å². The largest absolute Gasteiger partial charge is 0.495 e. The van der Waals surface area contributed by atoms with E-state index in [9.17, 15) is 21.6 Å². The Morgan fingerprint density at radius 3 is 2.49 bits per heavy atom. The standard InChI is InChI=1S/C28H37F3N6O5S/c1-18(17-40-2)33-23-15-25(35-27-26(23)21(16-32-27)28(29,30)31)34-22-5-4-20(14-24(22)41-3)43(38,39)37-8-6-19(7-9-37)36-10-12-42-13-11-36/h4-5,14-16,18-19H,6-13,17H2,1-3H3,(H3,32,33,34,35).